The maximum atomic E-state index is 12.2. The number of benzene rings is 1. The van der Waals surface area contributed by atoms with E-state index in [2.05, 4.69) is 9.72 Å². The van der Waals surface area contributed by atoms with E-state index in [-0.39, 0.29) is 11.3 Å². The molecular formula is C19H19F2N3O2. The average molecular weight is 359 g/mol. The van der Waals surface area contributed by atoms with Crippen molar-refractivity contribution in [2.24, 2.45) is 0 Å². The summed E-state index contributed by atoms with van der Waals surface area (Å²) in [4.78, 5) is 18.8. The number of ether oxygens (including phenoxy) is 1. The van der Waals surface area contributed by atoms with Crippen molar-refractivity contribution in [3.8, 4) is 5.75 Å². The van der Waals surface area contributed by atoms with E-state index >= 15 is 0 Å². The summed E-state index contributed by atoms with van der Waals surface area (Å²) in [7, 11) is 1.90. The summed E-state index contributed by atoms with van der Waals surface area (Å²) in [6.07, 6.45) is 1.77. The van der Waals surface area contributed by atoms with Gasteiger partial charge in [0.15, 0.2) is 0 Å². The van der Waals surface area contributed by atoms with Gasteiger partial charge in [-0.2, -0.15) is 8.78 Å². The van der Waals surface area contributed by atoms with Gasteiger partial charge in [0.2, 0.25) is 0 Å². The molecule has 136 valence electrons. The van der Waals surface area contributed by atoms with E-state index in [1.165, 1.54) is 22.6 Å². The molecular weight excluding hydrogens is 340 g/mol. The Balaban J connectivity index is 1.70. The maximum absolute atomic E-state index is 12.2. The highest BCUT2D eigenvalue weighted by Gasteiger charge is 2.08. The summed E-state index contributed by atoms with van der Waals surface area (Å²) in [5.74, 6) is 0.130. The van der Waals surface area contributed by atoms with Crippen LogP contribution in [0.15, 0.2) is 53.5 Å². The second-order valence-electron chi connectivity index (χ2n) is 6.22. The summed E-state index contributed by atoms with van der Waals surface area (Å²) in [6.45, 7) is 0.176. The van der Waals surface area contributed by atoms with Gasteiger partial charge in [-0.15, -0.1) is 0 Å². The summed E-state index contributed by atoms with van der Waals surface area (Å²) >= 11 is 0. The normalized spacial score (nSPS) is 11.5. The van der Waals surface area contributed by atoms with E-state index in [4.69, 9.17) is 0 Å². The summed E-state index contributed by atoms with van der Waals surface area (Å²) in [6, 6.07) is 11.8. The highest BCUT2D eigenvalue weighted by molar-refractivity contribution is 5.40. The fourth-order valence-corrected chi connectivity index (χ4v) is 2.76. The number of pyridine rings is 1. The average Bonchev–Trinajstić information content (AvgIpc) is 2.57. The minimum absolute atomic E-state index is 0.115. The number of fused-ring (bicyclic) bond motifs is 1. The zero-order chi connectivity index (χ0) is 18.7. The van der Waals surface area contributed by atoms with Crippen molar-refractivity contribution >= 4 is 5.65 Å². The second-order valence-corrected chi connectivity index (χ2v) is 6.22. The van der Waals surface area contributed by atoms with Crippen LogP contribution in [-0.4, -0.2) is 27.9 Å². The second kappa shape index (κ2) is 7.61. The lowest BCUT2D eigenvalue weighted by molar-refractivity contribution is -0.0498. The zero-order valence-corrected chi connectivity index (χ0v) is 14.5. The van der Waals surface area contributed by atoms with Crippen LogP contribution in [0.1, 0.15) is 16.8 Å². The Morgan fingerprint density at radius 2 is 1.88 bits per heavy atom. The molecule has 0 saturated carbocycles. The standard InChI is InChI=1S/C19H19F2N3O2/c1-13-3-8-17-22-15(9-18(25)24(17)10-13)12-23(2)11-14-4-6-16(7-5-14)26-19(20)21/h3-10,19H,11-12H2,1-2H3. The van der Waals surface area contributed by atoms with E-state index in [9.17, 15) is 13.6 Å². The molecule has 0 atom stereocenters. The molecule has 0 radical (unpaired) electrons. The van der Waals surface area contributed by atoms with Crippen LogP contribution in [0.25, 0.3) is 5.65 Å². The van der Waals surface area contributed by atoms with E-state index in [1.54, 1.807) is 18.3 Å². The number of alkyl halides is 2. The molecule has 0 bridgehead atoms. The molecule has 5 nitrogen and oxygen atoms in total. The Morgan fingerprint density at radius 3 is 2.58 bits per heavy atom. The van der Waals surface area contributed by atoms with Crippen LogP contribution in [0.2, 0.25) is 0 Å². The van der Waals surface area contributed by atoms with Crippen LogP contribution in [0.4, 0.5) is 8.78 Å². The molecule has 1 aromatic carbocycles. The van der Waals surface area contributed by atoms with E-state index in [0.717, 1.165) is 11.1 Å². The zero-order valence-electron chi connectivity index (χ0n) is 14.5. The first-order valence-electron chi connectivity index (χ1n) is 8.12. The third kappa shape index (κ3) is 4.43. The SMILES string of the molecule is Cc1ccc2nc(CN(C)Cc3ccc(OC(F)F)cc3)cc(=O)n2c1. The van der Waals surface area contributed by atoms with Crippen molar-refractivity contribution in [1.82, 2.24) is 14.3 Å². The molecule has 0 saturated heterocycles. The molecule has 0 aliphatic heterocycles. The van der Waals surface area contributed by atoms with Crippen LogP contribution < -0.4 is 10.3 Å². The maximum Gasteiger partial charge on any atom is 0.387 e. The predicted octanol–water partition coefficient (Wildman–Crippen LogP) is 3.24. The van der Waals surface area contributed by atoms with Gasteiger partial charge in [0, 0.05) is 25.4 Å². The lowest BCUT2D eigenvalue weighted by atomic mass is 10.2. The molecule has 0 N–H and O–H groups in total. The molecule has 7 heteroatoms. The highest BCUT2D eigenvalue weighted by Crippen LogP contribution is 2.16. The Morgan fingerprint density at radius 1 is 1.15 bits per heavy atom. The quantitative estimate of drug-likeness (QED) is 0.678. The van der Waals surface area contributed by atoms with Gasteiger partial charge in [0.05, 0.1) is 5.69 Å². The smallest absolute Gasteiger partial charge is 0.387 e. The number of aromatic nitrogens is 2. The summed E-state index contributed by atoms with van der Waals surface area (Å²) < 4.78 is 30.2. The number of halogens is 2. The van der Waals surface area contributed by atoms with E-state index in [1.807, 2.05) is 31.0 Å². The Bertz CT molecular complexity index is 955. The minimum Gasteiger partial charge on any atom is -0.435 e. The third-order valence-corrected chi connectivity index (χ3v) is 3.89. The number of aryl methyl sites for hydroxylation is 1. The predicted molar refractivity (Wildman–Crippen MR) is 94.4 cm³/mol. The van der Waals surface area contributed by atoms with Crippen molar-refractivity contribution in [1.29, 1.82) is 0 Å². The fraction of sp³-hybridized carbons (Fsp3) is 0.263. The van der Waals surface area contributed by atoms with Gasteiger partial charge < -0.3 is 4.74 Å². The monoisotopic (exact) mass is 359 g/mol. The number of nitrogens with zero attached hydrogens (tertiary/aromatic N) is 3. The lowest BCUT2D eigenvalue weighted by Gasteiger charge is -2.17. The van der Waals surface area contributed by atoms with Gasteiger partial charge in [-0.1, -0.05) is 18.2 Å². The topological polar surface area (TPSA) is 46.8 Å². The Kier molecular flexibility index (Phi) is 5.27. The third-order valence-electron chi connectivity index (χ3n) is 3.89. The Labute approximate surface area is 149 Å². The summed E-state index contributed by atoms with van der Waals surface area (Å²) in [5, 5.41) is 0. The largest absolute Gasteiger partial charge is 0.435 e. The molecule has 0 amide bonds. The van der Waals surface area contributed by atoms with Crippen LogP contribution in [0.3, 0.4) is 0 Å². The molecule has 3 rings (SSSR count). The van der Waals surface area contributed by atoms with Gasteiger partial charge in [-0.05, 0) is 43.3 Å². The van der Waals surface area contributed by atoms with Gasteiger partial charge in [-0.3, -0.25) is 14.1 Å². The van der Waals surface area contributed by atoms with Gasteiger partial charge in [0.1, 0.15) is 11.4 Å². The van der Waals surface area contributed by atoms with Crippen molar-refractivity contribution in [2.75, 3.05) is 7.05 Å². The molecule has 26 heavy (non-hydrogen) atoms. The summed E-state index contributed by atoms with van der Waals surface area (Å²) in [5.41, 5.74) is 3.11. The highest BCUT2D eigenvalue weighted by atomic mass is 19.3. The first kappa shape index (κ1) is 18.0. The molecule has 0 unspecified atom stereocenters. The molecule has 2 aromatic heterocycles. The molecule has 2 heterocycles. The molecule has 0 aliphatic rings. The minimum atomic E-state index is -2.83. The van der Waals surface area contributed by atoms with Crippen LogP contribution in [0.5, 0.6) is 5.75 Å². The van der Waals surface area contributed by atoms with Crippen molar-refractivity contribution < 1.29 is 13.5 Å². The molecule has 0 fully saturated rings. The van der Waals surface area contributed by atoms with Crippen molar-refractivity contribution in [2.45, 2.75) is 26.6 Å². The van der Waals surface area contributed by atoms with Gasteiger partial charge in [0.25, 0.3) is 5.56 Å². The molecule has 0 spiro atoms. The van der Waals surface area contributed by atoms with Crippen molar-refractivity contribution in [3.05, 3.63) is 75.8 Å². The molecule has 3 aromatic rings. The van der Waals surface area contributed by atoms with Crippen LogP contribution >= 0.6 is 0 Å². The van der Waals surface area contributed by atoms with E-state index in [0.29, 0.717) is 24.4 Å². The Hall–Kier alpha value is -2.80. The number of hydrogen-bond acceptors (Lipinski definition) is 4. The number of rotatable bonds is 6. The van der Waals surface area contributed by atoms with Crippen molar-refractivity contribution in [3.63, 3.8) is 0 Å². The molecule has 0 aliphatic carbocycles. The van der Waals surface area contributed by atoms with Gasteiger partial charge >= 0.3 is 6.61 Å². The fourth-order valence-electron chi connectivity index (χ4n) is 2.76. The first-order valence-corrected chi connectivity index (χ1v) is 8.12. The van der Waals surface area contributed by atoms with Crippen LogP contribution in [0, 0.1) is 6.92 Å². The van der Waals surface area contributed by atoms with Crippen LogP contribution in [-0.2, 0) is 13.1 Å². The first-order chi connectivity index (χ1) is 12.4. The lowest BCUT2D eigenvalue weighted by Crippen LogP contribution is -2.22. The van der Waals surface area contributed by atoms with Gasteiger partial charge in [-0.25, -0.2) is 4.98 Å². The number of hydrogen-bond donors (Lipinski definition) is 0. The van der Waals surface area contributed by atoms with E-state index < -0.39 is 6.61 Å².